The van der Waals surface area contributed by atoms with Gasteiger partial charge in [-0.25, -0.2) is 0 Å². The number of nitrogens with one attached hydrogen (secondary N) is 1. The van der Waals surface area contributed by atoms with Crippen LogP contribution in [0.4, 0.5) is 0 Å². The molecule has 0 aliphatic carbocycles. The highest BCUT2D eigenvalue weighted by molar-refractivity contribution is 5.81. The number of amides is 1. The molecular formula is C19H21N7O. The zero-order valence-electron chi connectivity index (χ0n) is 15.2. The maximum atomic E-state index is 12.0. The van der Waals surface area contributed by atoms with Gasteiger partial charge in [0.25, 0.3) is 0 Å². The normalized spacial score (nSPS) is 15.1. The van der Waals surface area contributed by atoms with E-state index in [1.807, 2.05) is 42.2 Å². The Morgan fingerprint density at radius 2 is 1.96 bits per heavy atom. The second-order valence-electron chi connectivity index (χ2n) is 6.64. The Balaban J connectivity index is 1.70. The topological polar surface area (TPSA) is 101 Å². The fraction of sp³-hybridized carbons (Fsp3) is 0.368. The number of H-pyrrole nitrogens is 1. The van der Waals surface area contributed by atoms with Crippen molar-refractivity contribution in [3.8, 4) is 22.5 Å². The van der Waals surface area contributed by atoms with Crippen LogP contribution in [0, 0.1) is 0 Å². The van der Waals surface area contributed by atoms with Crippen molar-refractivity contribution in [2.24, 2.45) is 0 Å². The Bertz CT molecular complexity index is 902. The van der Waals surface area contributed by atoms with E-state index in [0.29, 0.717) is 12.1 Å². The van der Waals surface area contributed by atoms with Gasteiger partial charge in [0.05, 0.1) is 11.8 Å². The first-order valence-electron chi connectivity index (χ1n) is 9.20. The summed E-state index contributed by atoms with van der Waals surface area (Å²) in [5.74, 6) is 0.494. The van der Waals surface area contributed by atoms with Crippen LogP contribution in [-0.2, 0) is 4.79 Å². The Hall–Kier alpha value is -3.16. The van der Waals surface area contributed by atoms with Crippen LogP contribution in [0.2, 0.25) is 0 Å². The Morgan fingerprint density at radius 1 is 1.19 bits per heavy atom. The first-order valence-corrected chi connectivity index (χ1v) is 9.20. The standard InChI is InChI=1S/C19H21N7O/c1-2-16(27)26-10-8-14(9-11-26)19-17(15-12-20-24-25-21-15)18(22-23-19)13-6-4-3-5-7-13/h3-7,12,14H,2,8-11H2,1H3,(H,22,23). The Morgan fingerprint density at radius 3 is 2.63 bits per heavy atom. The number of carbonyl (C=O) groups is 1. The average molecular weight is 363 g/mol. The SMILES string of the molecule is CCC(=O)N1CCC(c2[nH]nc(-c3ccccc3)c2-c2cnnnn2)CC1. The number of likely N-dealkylation sites (tertiary alicyclic amines) is 1. The number of piperidine rings is 1. The number of hydrogen-bond acceptors (Lipinski definition) is 6. The smallest absolute Gasteiger partial charge is 0.222 e. The molecule has 4 rings (SSSR count). The number of hydrogen-bond donors (Lipinski definition) is 1. The minimum absolute atomic E-state index is 0.215. The highest BCUT2D eigenvalue weighted by Crippen LogP contribution is 2.38. The molecular weight excluding hydrogens is 342 g/mol. The lowest BCUT2D eigenvalue weighted by Crippen LogP contribution is -2.37. The number of nitrogens with zero attached hydrogens (tertiary/aromatic N) is 6. The Labute approximate surface area is 157 Å². The van der Waals surface area contributed by atoms with Gasteiger partial charge in [-0.05, 0) is 23.3 Å². The molecule has 0 radical (unpaired) electrons. The lowest BCUT2D eigenvalue weighted by molar-refractivity contribution is -0.131. The molecule has 1 fully saturated rings. The van der Waals surface area contributed by atoms with Crippen LogP contribution in [-0.4, -0.2) is 54.7 Å². The fourth-order valence-corrected chi connectivity index (χ4v) is 3.67. The quantitative estimate of drug-likeness (QED) is 0.764. The lowest BCUT2D eigenvalue weighted by atomic mass is 9.89. The van der Waals surface area contributed by atoms with Crippen molar-refractivity contribution < 1.29 is 4.79 Å². The van der Waals surface area contributed by atoms with Crippen LogP contribution in [0.1, 0.15) is 37.8 Å². The first-order chi connectivity index (χ1) is 13.3. The lowest BCUT2D eigenvalue weighted by Gasteiger charge is -2.31. The summed E-state index contributed by atoms with van der Waals surface area (Å²) < 4.78 is 0. The van der Waals surface area contributed by atoms with E-state index in [-0.39, 0.29) is 11.8 Å². The number of benzene rings is 1. The van der Waals surface area contributed by atoms with Gasteiger partial charge < -0.3 is 4.90 Å². The maximum Gasteiger partial charge on any atom is 0.222 e. The van der Waals surface area contributed by atoms with Crippen LogP contribution in [0.15, 0.2) is 36.5 Å². The molecule has 0 saturated carbocycles. The molecule has 0 unspecified atom stereocenters. The maximum absolute atomic E-state index is 12.0. The summed E-state index contributed by atoms with van der Waals surface area (Å²) in [6.07, 6.45) is 3.95. The van der Waals surface area contributed by atoms with Gasteiger partial charge in [-0.1, -0.05) is 37.3 Å². The molecule has 0 bridgehead atoms. The Kier molecular flexibility index (Phi) is 4.86. The summed E-state index contributed by atoms with van der Waals surface area (Å²) in [4.78, 5) is 13.9. The largest absolute Gasteiger partial charge is 0.343 e. The third-order valence-electron chi connectivity index (χ3n) is 5.08. The van der Waals surface area contributed by atoms with Gasteiger partial charge in [0.2, 0.25) is 5.91 Å². The number of aromatic nitrogens is 6. The van der Waals surface area contributed by atoms with Crippen molar-refractivity contribution in [2.75, 3.05) is 13.1 Å². The van der Waals surface area contributed by atoms with Gasteiger partial charge in [-0.3, -0.25) is 9.89 Å². The van der Waals surface area contributed by atoms with Crippen molar-refractivity contribution in [1.29, 1.82) is 0 Å². The van der Waals surface area contributed by atoms with E-state index in [0.717, 1.165) is 48.4 Å². The van der Waals surface area contributed by atoms with E-state index in [9.17, 15) is 4.79 Å². The average Bonchev–Trinajstić information content (AvgIpc) is 3.19. The van der Waals surface area contributed by atoms with Gasteiger partial charge in [0, 0.05) is 36.7 Å². The molecule has 0 atom stereocenters. The van der Waals surface area contributed by atoms with E-state index in [1.165, 1.54) is 0 Å². The zero-order valence-corrected chi connectivity index (χ0v) is 15.2. The molecule has 2 aromatic heterocycles. The van der Waals surface area contributed by atoms with Gasteiger partial charge >= 0.3 is 0 Å². The second-order valence-corrected chi connectivity index (χ2v) is 6.64. The van der Waals surface area contributed by atoms with E-state index >= 15 is 0 Å². The molecule has 1 saturated heterocycles. The number of rotatable bonds is 4. The summed E-state index contributed by atoms with van der Waals surface area (Å²) in [6.45, 7) is 3.43. The monoisotopic (exact) mass is 363 g/mol. The molecule has 138 valence electrons. The molecule has 1 aromatic carbocycles. The van der Waals surface area contributed by atoms with Crippen LogP contribution in [0.3, 0.4) is 0 Å². The van der Waals surface area contributed by atoms with Crippen molar-refractivity contribution in [1.82, 2.24) is 35.7 Å². The highest BCUT2D eigenvalue weighted by atomic mass is 16.2. The molecule has 8 nitrogen and oxygen atoms in total. The van der Waals surface area contributed by atoms with E-state index in [2.05, 4.69) is 30.8 Å². The van der Waals surface area contributed by atoms with Crippen LogP contribution >= 0.6 is 0 Å². The predicted molar refractivity (Wildman–Crippen MR) is 99.5 cm³/mol. The molecule has 3 aromatic rings. The van der Waals surface area contributed by atoms with Crippen LogP contribution < -0.4 is 0 Å². The van der Waals surface area contributed by atoms with Gasteiger partial charge in [-0.15, -0.1) is 10.2 Å². The third kappa shape index (κ3) is 3.42. The summed E-state index contributed by atoms with van der Waals surface area (Å²) in [6, 6.07) is 9.99. The molecule has 1 aliphatic rings. The van der Waals surface area contributed by atoms with Crippen molar-refractivity contribution in [3.05, 3.63) is 42.2 Å². The van der Waals surface area contributed by atoms with E-state index in [1.54, 1.807) is 6.20 Å². The molecule has 1 N–H and O–H groups in total. The van der Waals surface area contributed by atoms with Crippen molar-refractivity contribution in [3.63, 3.8) is 0 Å². The molecule has 0 spiro atoms. The van der Waals surface area contributed by atoms with E-state index in [4.69, 9.17) is 0 Å². The number of carbonyl (C=O) groups excluding carboxylic acids is 1. The first kappa shape index (κ1) is 17.3. The summed E-state index contributed by atoms with van der Waals surface area (Å²) in [7, 11) is 0. The summed E-state index contributed by atoms with van der Waals surface area (Å²) in [5.41, 5.74) is 4.44. The van der Waals surface area contributed by atoms with Crippen molar-refractivity contribution >= 4 is 5.91 Å². The zero-order chi connectivity index (χ0) is 18.6. The highest BCUT2D eigenvalue weighted by Gasteiger charge is 2.29. The molecule has 3 heterocycles. The fourth-order valence-electron chi connectivity index (χ4n) is 3.67. The minimum atomic E-state index is 0.215. The van der Waals surface area contributed by atoms with Gasteiger partial charge in [-0.2, -0.15) is 5.10 Å². The summed E-state index contributed by atoms with van der Waals surface area (Å²) in [5, 5.41) is 23.1. The minimum Gasteiger partial charge on any atom is -0.343 e. The third-order valence-corrected chi connectivity index (χ3v) is 5.08. The van der Waals surface area contributed by atoms with Crippen molar-refractivity contribution in [2.45, 2.75) is 32.1 Å². The van der Waals surface area contributed by atoms with Gasteiger partial charge in [0.15, 0.2) is 0 Å². The van der Waals surface area contributed by atoms with E-state index < -0.39 is 0 Å². The predicted octanol–water partition coefficient (Wildman–Crippen LogP) is 2.44. The molecule has 1 aliphatic heterocycles. The van der Waals surface area contributed by atoms with Gasteiger partial charge in [0.1, 0.15) is 11.4 Å². The molecule has 1 amide bonds. The van der Waals surface area contributed by atoms with Crippen LogP contribution in [0.25, 0.3) is 22.5 Å². The summed E-state index contributed by atoms with van der Waals surface area (Å²) >= 11 is 0. The van der Waals surface area contributed by atoms with Crippen LogP contribution in [0.5, 0.6) is 0 Å². The molecule has 8 heteroatoms. The molecule has 27 heavy (non-hydrogen) atoms. The second kappa shape index (κ2) is 7.61. The number of aromatic amines is 1.